The van der Waals surface area contributed by atoms with Crippen LogP contribution in [0.4, 0.5) is 0 Å². The highest BCUT2D eigenvalue weighted by Crippen LogP contribution is 2.26. The first-order valence-corrected chi connectivity index (χ1v) is 9.73. The zero-order valence-corrected chi connectivity index (χ0v) is 16.2. The maximum Gasteiger partial charge on any atom is 0.266 e. The number of rotatable bonds is 3. The van der Waals surface area contributed by atoms with Gasteiger partial charge in [0.05, 0.1) is 22.3 Å². The fourth-order valence-corrected chi connectivity index (χ4v) is 3.75. The fourth-order valence-electron chi connectivity index (χ4n) is 3.63. The molecule has 29 heavy (non-hydrogen) atoms. The summed E-state index contributed by atoms with van der Waals surface area (Å²) in [5, 5.41) is 5.71. The molecule has 1 aliphatic heterocycles. The molecule has 0 fully saturated rings. The van der Waals surface area contributed by atoms with Gasteiger partial charge in [-0.15, -0.1) is 0 Å². The Morgan fingerprint density at radius 2 is 1.66 bits per heavy atom. The highest BCUT2D eigenvalue weighted by molar-refractivity contribution is 6.30. The summed E-state index contributed by atoms with van der Waals surface area (Å²) >= 11 is 6.05. The summed E-state index contributed by atoms with van der Waals surface area (Å²) < 4.78 is 1.65. The van der Waals surface area contributed by atoms with Gasteiger partial charge in [0.15, 0.2) is 0 Å². The van der Waals surface area contributed by atoms with Crippen molar-refractivity contribution in [1.82, 2.24) is 15.0 Å². The van der Waals surface area contributed by atoms with Crippen molar-refractivity contribution in [2.24, 2.45) is 5.10 Å². The zero-order chi connectivity index (χ0) is 19.8. The molecule has 0 amide bonds. The van der Waals surface area contributed by atoms with Crippen molar-refractivity contribution in [3.05, 3.63) is 106 Å². The minimum atomic E-state index is -0.210. The van der Waals surface area contributed by atoms with Crippen LogP contribution in [0, 0.1) is 0 Å². The Hall–Kier alpha value is -3.44. The summed E-state index contributed by atoms with van der Waals surface area (Å²) in [4.78, 5) is 18.2. The predicted molar refractivity (Wildman–Crippen MR) is 116 cm³/mol. The van der Waals surface area contributed by atoms with Crippen molar-refractivity contribution in [2.45, 2.75) is 12.5 Å². The molecule has 3 aromatic carbocycles. The van der Waals surface area contributed by atoms with Crippen LogP contribution < -0.4 is 11.0 Å². The average molecular weight is 401 g/mol. The predicted octanol–water partition coefficient (Wildman–Crippen LogP) is 4.48. The lowest BCUT2D eigenvalue weighted by atomic mass is 10.0. The average Bonchev–Trinajstić information content (AvgIpc) is 3.25. The molecule has 1 N–H and O–H groups in total. The molecule has 1 unspecified atom stereocenters. The van der Waals surface area contributed by atoms with E-state index < -0.39 is 0 Å². The SMILES string of the molecule is O=c1c2ccccc2nc(C2CC(c3ccccc3)=NN2)n1-c1ccc(Cl)cc1. The Morgan fingerprint density at radius 1 is 0.931 bits per heavy atom. The molecule has 2 heterocycles. The highest BCUT2D eigenvalue weighted by Gasteiger charge is 2.27. The molecule has 0 saturated carbocycles. The third-order valence-electron chi connectivity index (χ3n) is 5.06. The van der Waals surface area contributed by atoms with E-state index in [1.54, 1.807) is 22.8 Å². The number of nitrogens with zero attached hydrogens (tertiary/aromatic N) is 3. The van der Waals surface area contributed by atoms with E-state index in [1.807, 2.05) is 60.7 Å². The van der Waals surface area contributed by atoms with Crippen molar-refractivity contribution < 1.29 is 0 Å². The summed E-state index contributed by atoms with van der Waals surface area (Å²) in [7, 11) is 0. The number of halogens is 1. The number of nitrogens with one attached hydrogen (secondary N) is 1. The number of hydrazone groups is 1. The van der Waals surface area contributed by atoms with Crippen LogP contribution in [0.5, 0.6) is 0 Å². The van der Waals surface area contributed by atoms with E-state index in [4.69, 9.17) is 16.6 Å². The topological polar surface area (TPSA) is 59.3 Å². The van der Waals surface area contributed by atoms with Gasteiger partial charge >= 0.3 is 0 Å². The number of aromatic nitrogens is 2. The molecule has 5 nitrogen and oxygen atoms in total. The van der Waals surface area contributed by atoms with Crippen LogP contribution in [-0.4, -0.2) is 15.3 Å². The molecule has 1 atom stereocenters. The summed E-state index contributed by atoms with van der Waals surface area (Å²) in [6, 6.07) is 24.4. The van der Waals surface area contributed by atoms with Crippen LogP contribution in [0.25, 0.3) is 16.6 Å². The Kier molecular flexibility index (Phi) is 4.37. The monoisotopic (exact) mass is 400 g/mol. The van der Waals surface area contributed by atoms with Crippen LogP contribution in [-0.2, 0) is 0 Å². The number of hydrogen-bond donors (Lipinski definition) is 1. The van der Waals surface area contributed by atoms with E-state index >= 15 is 0 Å². The largest absolute Gasteiger partial charge is 0.299 e. The third-order valence-corrected chi connectivity index (χ3v) is 5.31. The van der Waals surface area contributed by atoms with Gasteiger partial charge in [0.1, 0.15) is 11.9 Å². The van der Waals surface area contributed by atoms with Gasteiger partial charge in [-0.25, -0.2) is 4.98 Å². The number of benzene rings is 3. The smallest absolute Gasteiger partial charge is 0.266 e. The quantitative estimate of drug-likeness (QED) is 0.551. The highest BCUT2D eigenvalue weighted by atomic mass is 35.5. The molecule has 0 aliphatic carbocycles. The molecule has 0 bridgehead atoms. The molecule has 1 aliphatic rings. The summed E-state index contributed by atoms with van der Waals surface area (Å²) in [5.41, 5.74) is 6.47. The molecule has 4 aromatic rings. The van der Waals surface area contributed by atoms with E-state index in [2.05, 4.69) is 10.5 Å². The Morgan fingerprint density at radius 3 is 2.45 bits per heavy atom. The van der Waals surface area contributed by atoms with E-state index in [9.17, 15) is 4.79 Å². The maximum atomic E-state index is 13.4. The van der Waals surface area contributed by atoms with Gasteiger partial charge in [0.2, 0.25) is 0 Å². The number of hydrogen-bond acceptors (Lipinski definition) is 4. The third kappa shape index (κ3) is 3.19. The normalized spacial score (nSPS) is 15.9. The van der Waals surface area contributed by atoms with Gasteiger partial charge in [-0.2, -0.15) is 5.10 Å². The van der Waals surface area contributed by atoms with Gasteiger partial charge < -0.3 is 0 Å². The second-order valence-electron chi connectivity index (χ2n) is 6.91. The standard InChI is InChI=1S/C23H17ClN4O/c24-16-10-12-17(13-11-16)28-22(25-19-9-5-4-8-18(19)23(28)29)21-14-20(26-27-21)15-6-2-1-3-7-15/h1-13,21,27H,14H2. The molecular formula is C23H17ClN4O. The minimum absolute atomic E-state index is 0.108. The van der Waals surface area contributed by atoms with Crippen molar-refractivity contribution in [2.75, 3.05) is 0 Å². The van der Waals surface area contributed by atoms with Crippen LogP contribution in [0.15, 0.2) is 88.8 Å². The molecule has 1 aromatic heterocycles. The van der Waals surface area contributed by atoms with Gasteiger partial charge in [0, 0.05) is 11.4 Å². The Labute approximate surface area is 172 Å². The van der Waals surface area contributed by atoms with Gasteiger partial charge in [0.25, 0.3) is 5.56 Å². The lowest BCUT2D eigenvalue weighted by Crippen LogP contribution is -2.28. The second-order valence-corrected chi connectivity index (χ2v) is 7.35. The Bertz CT molecular complexity index is 1280. The van der Waals surface area contributed by atoms with Gasteiger partial charge in [-0.05, 0) is 42.0 Å². The lowest BCUT2D eigenvalue weighted by Gasteiger charge is -2.18. The molecule has 6 heteroatoms. The number of fused-ring (bicyclic) bond motifs is 1. The molecule has 0 saturated heterocycles. The molecule has 0 radical (unpaired) electrons. The molecule has 5 rings (SSSR count). The van der Waals surface area contributed by atoms with Gasteiger partial charge in [-0.1, -0.05) is 54.1 Å². The van der Waals surface area contributed by atoms with Crippen molar-refractivity contribution >= 4 is 28.2 Å². The summed E-state index contributed by atoms with van der Waals surface area (Å²) in [5.74, 6) is 0.630. The van der Waals surface area contributed by atoms with Crippen molar-refractivity contribution in [3.63, 3.8) is 0 Å². The first-order valence-electron chi connectivity index (χ1n) is 9.36. The van der Waals surface area contributed by atoms with Crippen LogP contribution >= 0.6 is 11.6 Å². The fraction of sp³-hybridized carbons (Fsp3) is 0.0870. The summed E-state index contributed by atoms with van der Waals surface area (Å²) in [6.07, 6.45) is 0.641. The van der Waals surface area contributed by atoms with Crippen LogP contribution in [0.1, 0.15) is 23.9 Å². The zero-order valence-electron chi connectivity index (χ0n) is 15.4. The van der Waals surface area contributed by atoms with Crippen molar-refractivity contribution in [3.8, 4) is 5.69 Å². The maximum absolute atomic E-state index is 13.4. The van der Waals surface area contributed by atoms with Crippen LogP contribution in [0.2, 0.25) is 5.02 Å². The van der Waals surface area contributed by atoms with E-state index in [0.717, 1.165) is 17.0 Å². The van der Waals surface area contributed by atoms with E-state index in [-0.39, 0.29) is 11.6 Å². The van der Waals surface area contributed by atoms with Crippen LogP contribution in [0.3, 0.4) is 0 Å². The minimum Gasteiger partial charge on any atom is -0.299 e. The van der Waals surface area contributed by atoms with Gasteiger partial charge in [-0.3, -0.25) is 14.8 Å². The first-order chi connectivity index (χ1) is 14.2. The first kappa shape index (κ1) is 17.6. The summed E-state index contributed by atoms with van der Waals surface area (Å²) in [6.45, 7) is 0. The Balaban J connectivity index is 1.64. The molecular weight excluding hydrogens is 384 g/mol. The molecule has 0 spiro atoms. The van der Waals surface area contributed by atoms with Crippen molar-refractivity contribution in [1.29, 1.82) is 0 Å². The van der Waals surface area contributed by atoms with E-state index in [0.29, 0.717) is 28.2 Å². The van der Waals surface area contributed by atoms with E-state index in [1.165, 1.54) is 0 Å². The second kappa shape index (κ2) is 7.18. The lowest BCUT2D eigenvalue weighted by molar-refractivity contribution is 0.565. The number of para-hydroxylation sites is 1. The molecule has 142 valence electrons.